The van der Waals surface area contributed by atoms with Gasteiger partial charge >= 0.3 is 12.1 Å². The van der Waals surface area contributed by atoms with Gasteiger partial charge in [0.2, 0.25) is 5.91 Å². The molecule has 2 atom stereocenters. The van der Waals surface area contributed by atoms with Gasteiger partial charge in [-0.05, 0) is 36.5 Å². The van der Waals surface area contributed by atoms with Crippen LogP contribution in [0.15, 0.2) is 24.3 Å². The molecule has 1 amide bonds. The zero-order valence-electron chi connectivity index (χ0n) is 12.6. The fourth-order valence-electron chi connectivity index (χ4n) is 2.62. The van der Waals surface area contributed by atoms with Gasteiger partial charge in [-0.1, -0.05) is 12.1 Å². The number of carbonyl (C=O) groups is 2. The molecular formula is C16H18F3NO3. The molecule has 0 bridgehead atoms. The summed E-state index contributed by atoms with van der Waals surface area (Å²) in [6.07, 6.45) is -3.35. The third-order valence-electron chi connectivity index (χ3n) is 4.03. The summed E-state index contributed by atoms with van der Waals surface area (Å²) in [6, 6.07) is 4.91. The van der Waals surface area contributed by atoms with Crippen LogP contribution in [0.25, 0.3) is 0 Å². The van der Waals surface area contributed by atoms with Gasteiger partial charge in [0.1, 0.15) is 0 Å². The summed E-state index contributed by atoms with van der Waals surface area (Å²) in [7, 11) is 1.62. The molecule has 0 heterocycles. The molecule has 0 aromatic heterocycles. The molecular weight excluding hydrogens is 311 g/mol. The third kappa shape index (κ3) is 4.46. The monoisotopic (exact) mass is 329 g/mol. The van der Waals surface area contributed by atoms with Gasteiger partial charge in [-0.2, -0.15) is 13.2 Å². The molecule has 4 nitrogen and oxygen atoms in total. The number of hydrogen-bond donors (Lipinski definition) is 1. The van der Waals surface area contributed by atoms with E-state index in [1.807, 2.05) is 0 Å². The highest BCUT2D eigenvalue weighted by molar-refractivity contribution is 5.82. The Labute approximate surface area is 131 Å². The molecule has 2 rings (SSSR count). The van der Waals surface area contributed by atoms with Gasteiger partial charge < -0.3 is 10.0 Å². The Morgan fingerprint density at radius 2 is 1.87 bits per heavy atom. The third-order valence-corrected chi connectivity index (χ3v) is 4.03. The van der Waals surface area contributed by atoms with Crippen molar-refractivity contribution in [2.75, 3.05) is 13.6 Å². The standard InChI is InChI=1S/C16H18F3NO3/c1-20(8-2-3-14(21)22)15(23)13-9-12(13)10-4-6-11(7-5-10)16(17,18)19/h4-7,12-13H,2-3,8-9H2,1H3,(H,21,22). The number of rotatable bonds is 6. The quantitative estimate of drug-likeness (QED) is 0.872. The molecule has 1 aliphatic carbocycles. The molecule has 0 aliphatic heterocycles. The number of halogens is 3. The van der Waals surface area contributed by atoms with Crippen LogP contribution in [-0.2, 0) is 15.8 Å². The number of hydrogen-bond acceptors (Lipinski definition) is 2. The van der Waals surface area contributed by atoms with Crippen LogP contribution in [-0.4, -0.2) is 35.5 Å². The van der Waals surface area contributed by atoms with E-state index in [0.29, 0.717) is 19.4 Å². The summed E-state index contributed by atoms with van der Waals surface area (Å²) in [6.45, 7) is 0.362. The Morgan fingerprint density at radius 1 is 1.26 bits per heavy atom. The van der Waals surface area contributed by atoms with Crippen LogP contribution >= 0.6 is 0 Å². The smallest absolute Gasteiger partial charge is 0.416 e. The maximum atomic E-state index is 12.5. The molecule has 126 valence electrons. The minimum Gasteiger partial charge on any atom is -0.481 e. The molecule has 1 aromatic carbocycles. The average Bonchev–Trinajstić information content (AvgIpc) is 3.25. The molecule has 1 aliphatic rings. The van der Waals surface area contributed by atoms with Crippen molar-refractivity contribution in [1.82, 2.24) is 4.90 Å². The molecule has 7 heteroatoms. The Bertz CT molecular complexity index is 583. The fraction of sp³-hybridized carbons (Fsp3) is 0.500. The van der Waals surface area contributed by atoms with Gasteiger partial charge in [-0.15, -0.1) is 0 Å². The molecule has 1 fully saturated rings. The maximum Gasteiger partial charge on any atom is 0.416 e. The van der Waals surface area contributed by atoms with Gasteiger partial charge in [0, 0.05) is 25.9 Å². The van der Waals surface area contributed by atoms with Crippen molar-refractivity contribution in [2.45, 2.75) is 31.4 Å². The predicted molar refractivity (Wildman–Crippen MR) is 76.8 cm³/mol. The highest BCUT2D eigenvalue weighted by atomic mass is 19.4. The second-order valence-corrected chi connectivity index (χ2v) is 5.83. The first-order valence-electron chi connectivity index (χ1n) is 7.34. The molecule has 2 unspecified atom stereocenters. The second-order valence-electron chi connectivity index (χ2n) is 5.83. The summed E-state index contributed by atoms with van der Waals surface area (Å²) < 4.78 is 37.6. The number of carbonyl (C=O) groups excluding carboxylic acids is 1. The van der Waals surface area contributed by atoms with E-state index in [-0.39, 0.29) is 24.2 Å². The highest BCUT2D eigenvalue weighted by Gasteiger charge is 2.45. The van der Waals surface area contributed by atoms with E-state index < -0.39 is 17.7 Å². The summed E-state index contributed by atoms with van der Waals surface area (Å²) >= 11 is 0. The van der Waals surface area contributed by atoms with E-state index in [2.05, 4.69) is 0 Å². The second kappa shape index (κ2) is 6.60. The van der Waals surface area contributed by atoms with Crippen LogP contribution in [0.3, 0.4) is 0 Å². The first kappa shape index (κ1) is 17.3. The topological polar surface area (TPSA) is 57.6 Å². The van der Waals surface area contributed by atoms with E-state index in [9.17, 15) is 22.8 Å². The minimum atomic E-state index is -4.36. The van der Waals surface area contributed by atoms with E-state index in [0.717, 1.165) is 17.7 Å². The largest absolute Gasteiger partial charge is 0.481 e. The molecule has 1 N–H and O–H groups in total. The Kier molecular flexibility index (Phi) is 4.97. The van der Waals surface area contributed by atoms with E-state index in [1.54, 1.807) is 7.05 Å². The molecule has 1 saturated carbocycles. The van der Waals surface area contributed by atoms with E-state index in [4.69, 9.17) is 5.11 Å². The van der Waals surface area contributed by atoms with Gasteiger partial charge in [0.15, 0.2) is 0 Å². The lowest BCUT2D eigenvalue weighted by Crippen LogP contribution is -2.29. The Hall–Kier alpha value is -2.05. The number of benzene rings is 1. The van der Waals surface area contributed by atoms with Gasteiger partial charge in [0.25, 0.3) is 0 Å². The molecule has 0 spiro atoms. The van der Waals surface area contributed by atoms with Crippen molar-refractivity contribution in [3.05, 3.63) is 35.4 Å². The zero-order valence-corrected chi connectivity index (χ0v) is 12.6. The SMILES string of the molecule is CN(CCCC(=O)O)C(=O)C1CC1c1ccc(C(F)(F)F)cc1. The van der Waals surface area contributed by atoms with E-state index >= 15 is 0 Å². The van der Waals surface area contributed by atoms with Gasteiger partial charge in [-0.3, -0.25) is 9.59 Å². The van der Waals surface area contributed by atoms with Crippen molar-refractivity contribution >= 4 is 11.9 Å². The van der Waals surface area contributed by atoms with Crippen LogP contribution in [0.1, 0.15) is 36.3 Å². The van der Waals surface area contributed by atoms with Crippen molar-refractivity contribution in [3.63, 3.8) is 0 Å². The van der Waals surface area contributed by atoms with Crippen molar-refractivity contribution in [2.24, 2.45) is 5.92 Å². The first-order valence-corrected chi connectivity index (χ1v) is 7.34. The number of carboxylic acids is 1. The van der Waals surface area contributed by atoms with Crippen LogP contribution in [0, 0.1) is 5.92 Å². The number of alkyl halides is 3. The average molecular weight is 329 g/mol. The van der Waals surface area contributed by atoms with Gasteiger partial charge in [-0.25, -0.2) is 0 Å². The summed E-state index contributed by atoms with van der Waals surface area (Å²) in [5.74, 6) is -1.26. The van der Waals surface area contributed by atoms with Crippen molar-refractivity contribution < 1.29 is 27.9 Å². The van der Waals surface area contributed by atoms with Gasteiger partial charge in [0.05, 0.1) is 5.56 Å². The lowest BCUT2D eigenvalue weighted by atomic mass is 10.1. The summed E-state index contributed by atoms with van der Waals surface area (Å²) in [5, 5.41) is 8.57. The van der Waals surface area contributed by atoms with Crippen LogP contribution in [0.5, 0.6) is 0 Å². The summed E-state index contributed by atoms with van der Waals surface area (Å²) in [4.78, 5) is 24.1. The number of carboxylic acid groups (broad SMARTS) is 1. The molecule has 23 heavy (non-hydrogen) atoms. The molecule has 1 aromatic rings. The lowest BCUT2D eigenvalue weighted by molar-refractivity contribution is -0.138. The molecule has 0 radical (unpaired) electrons. The van der Waals surface area contributed by atoms with Crippen LogP contribution in [0.4, 0.5) is 13.2 Å². The van der Waals surface area contributed by atoms with E-state index in [1.165, 1.54) is 17.0 Å². The highest BCUT2D eigenvalue weighted by Crippen LogP contribution is 2.48. The van der Waals surface area contributed by atoms with Crippen molar-refractivity contribution in [3.8, 4) is 0 Å². The fourth-order valence-corrected chi connectivity index (χ4v) is 2.62. The Balaban J connectivity index is 1.88. The number of aliphatic carboxylic acids is 1. The zero-order chi connectivity index (χ0) is 17.2. The van der Waals surface area contributed by atoms with Crippen molar-refractivity contribution in [1.29, 1.82) is 0 Å². The maximum absolute atomic E-state index is 12.5. The first-order chi connectivity index (χ1) is 10.7. The summed E-state index contributed by atoms with van der Waals surface area (Å²) in [5.41, 5.74) is 0.0332. The predicted octanol–water partition coefficient (Wildman–Crippen LogP) is 3.13. The van der Waals surface area contributed by atoms with Crippen LogP contribution in [0.2, 0.25) is 0 Å². The number of amides is 1. The molecule has 0 saturated heterocycles. The van der Waals surface area contributed by atoms with Crippen LogP contribution < -0.4 is 0 Å². The Morgan fingerprint density at radius 3 is 2.39 bits per heavy atom. The number of nitrogens with zero attached hydrogens (tertiary/aromatic N) is 1. The lowest BCUT2D eigenvalue weighted by Gasteiger charge is -2.16. The minimum absolute atomic E-state index is 0.00458. The normalized spacial score (nSPS) is 20.2.